The average molecular weight is 391 g/mol. The third-order valence-electron chi connectivity index (χ3n) is 4.46. The minimum absolute atomic E-state index is 0.0199. The molecule has 2 amide bonds. The van der Waals surface area contributed by atoms with Crippen LogP contribution in [0.5, 0.6) is 0 Å². The maximum absolute atomic E-state index is 12.6. The van der Waals surface area contributed by atoms with E-state index in [1.807, 2.05) is 12.1 Å². The molecule has 1 aliphatic heterocycles. The summed E-state index contributed by atoms with van der Waals surface area (Å²) in [6.07, 6.45) is 0.364. The van der Waals surface area contributed by atoms with Crippen molar-refractivity contribution in [2.45, 2.75) is 19.9 Å². The Kier molecular flexibility index (Phi) is 5.51. The lowest BCUT2D eigenvalue weighted by molar-refractivity contribution is -0.135. The molecule has 0 bridgehead atoms. The van der Waals surface area contributed by atoms with Gasteiger partial charge in [0.25, 0.3) is 5.91 Å². The van der Waals surface area contributed by atoms with Crippen molar-refractivity contribution in [1.29, 1.82) is 0 Å². The van der Waals surface area contributed by atoms with Crippen molar-refractivity contribution in [2.24, 2.45) is 0 Å². The summed E-state index contributed by atoms with van der Waals surface area (Å²) in [4.78, 5) is 39.3. The van der Waals surface area contributed by atoms with Crippen LogP contribution < -0.4 is 0 Å². The van der Waals surface area contributed by atoms with E-state index >= 15 is 0 Å². The summed E-state index contributed by atoms with van der Waals surface area (Å²) in [5, 5.41) is 9.81. The number of benzene rings is 1. The van der Waals surface area contributed by atoms with Crippen molar-refractivity contribution in [2.75, 3.05) is 19.6 Å². The Bertz CT molecular complexity index is 875. The van der Waals surface area contributed by atoms with Gasteiger partial charge in [0.1, 0.15) is 17.9 Å². The van der Waals surface area contributed by atoms with Crippen molar-refractivity contribution in [3.63, 3.8) is 0 Å². The van der Waals surface area contributed by atoms with Crippen molar-refractivity contribution in [1.82, 2.24) is 9.80 Å². The van der Waals surface area contributed by atoms with Crippen LogP contribution in [0.2, 0.25) is 5.02 Å². The lowest BCUT2D eigenvalue weighted by atomic mass is 10.2. The van der Waals surface area contributed by atoms with Gasteiger partial charge in [-0.3, -0.25) is 9.59 Å². The first kappa shape index (κ1) is 19.0. The molecular weight excluding hydrogens is 372 g/mol. The van der Waals surface area contributed by atoms with Crippen LogP contribution in [-0.2, 0) is 17.8 Å². The number of aromatic carboxylic acids is 1. The fourth-order valence-electron chi connectivity index (χ4n) is 2.99. The first-order valence-corrected chi connectivity index (χ1v) is 8.94. The van der Waals surface area contributed by atoms with E-state index in [0.29, 0.717) is 31.1 Å². The molecule has 0 atom stereocenters. The molecule has 0 unspecified atom stereocenters. The van der Waals surface area contributed by atoms with Crippen LogP contribution in [0.25, 0.3) is 0 Å². The summed E-state index contributed by atoms with van der Waals surface area (Å²) in [6, 6.07) is 8.48. The number of carboxylic acids is 1. The number of rotatable bonds is 5. The standard InChI is InChI=1S/C19H19ClN2O5/c1-2-15-14(19(25)26)9-16(27-15)18(24)22-8-7-21(17(23)11-22)10-12-3-5-13(20)6-4-12/h3-6,9H,2,7-8,10-11H2,1H3,(H,25,26). The number of hydrogen-bond donors (Lipinski definition) is 1. The first-order valence-electron chi connectivity index (χ1n) is 8.56. The molecular formula is C19H19ClN2O5. The molecule has 142 valence electrons. The highest BCUT2D eigenvalue weighted by Gasteiger charge is 2.30. The number of carbonyl (C=O) groups is 3. The maximum Gasteiger partial charge on any atom is 0.339 e. The van der Waals surface area contributed by atoms with E-state index in [1.54, 1.807) is 24.0 Å². The highest BCUT2D eigenvalue weighted by atomic mass is 35.5. The Labute approximate surface area is 161 Å². The number of furan rings is 1. The number of carbonyl (C=O) groups excluding carboxylic acids is 2. The van der Waals surface area contributed by atoms with Crippen LogP contribution in [0.1, 0.15) is 39.2 Å². The van der Waals surface area contributed by atoms with Crippen LogP contribution in [0, 0.1) is 0 Å². The maximum atomic E-state index is 12.6. The normalized spacial score (nSPS) is 14.5. The van der Waals surface area contributed by atoms with Crippen LogP contribution in [-0.4, -0.2) is 52.3 Å². The van der Waals surface area contributed by atoms with E-state index in [-0.39, 0.29) is 29.5 Å². The number of amides is 2. The summed E-state index contributed by atoms with van der Waals surface area (Å²) < 4.78 is 5.40. The second-order valence-corrected chi connectivity index (χ2v) is 6.71. The van der Waals surface area contributed by atoms with Crippen molar-refractivity contribution < 1.29 is 23.9 Å². The molecule has 0 saturated carbocycles. The molecule has 3 rings (SSSR count). The largest absolute Gasteiger partial charge is 0.478 e. The number of hydrogen-bond acceptors (Lipinski definition) is 4. The lowest BCUT2D eigenvalue weighted by Crippen LogP contribution is -2.51. The summed E-state index contributed by atoms with van der Waals surface area (Å²) >= 11 is 5.87. The molecule has 1 saturated heterocycles. The van der Waals surface area contributed by atoms with Crippen LogP contribution in [0.3, 0.4) is 0 Å². The van der Waals surface area contributed by atoms with Gasteiger partial charge in [-0.1, -0.05) is 30.7 Å². The Morgan fingerprint density at radius 2 is 1.93 bits per heavy atom. The van der Waals surface area contributed by atoms with Crippen molar-refractivity contribution in [3.05, 3.63) is 58.0 Å². The SMILES string of the molecule is CCc1oc(C(=O)N2CCN(Cc3ccc(Cl)cc3)C(=O)C2)cc1C(=O)O. The fraction of sp³-hybridized carbons (Fsp3) is 0.316. The van der Waals surface area contributed by atoms with Gasteiger partial charge < -0.3 is 19.3 Å². The zero-order valence-corrected chi connectivity index (χ0v) is 15.5. The van der Waals surface area contributed by atoms with E-state index in [4.69, 9.17) is 16.0 Å². The van der Waals surface area contributed by atoms with Gasteiger partial charge in [-0.15, -0.1) is 0 Å². The van der Waals surface area contributed by atoms with Gasteiger partial charge in [-0.2, -0.15) is 0 Å². The van der Waals surface area contributed by atoms with Gasteiger partial charge >= 0.3 is 5.97 Å². The predicted octanol–water partition coefficient (Wildman–Crippen LogP) is 2.68. The predicted molar refractivity (Wildman–Crippen MR) is 97.8 cm³/mol. The topological polar surface area (TPSA) is 91.1 Å². The number of piperazine rings is 1. The van der Waals surface area contributed by atoms with Crippen molar-refractivity contribution >= 4 is 29.4 Å². The Balaban J connectivity index is 1.67. The first-order chi connectivity index (χ1) is 12.9. The van der Waals surface area contributed by atoms with Crippen molar-refractivity contribution in [3.8, 4) is 0 Å². The molecule has 0 spiro atoms. The van der Waals surface area contributed by atoms with E-state index in [1.165, 1.54) is 11.0 Å². The van der Waals surface area contributed by atoms with Crippen LogP contribution >= 0.6 is 11.6 Å². The van der Waals surface area contributed by atoms with Crippen LogP contribution in [0.4, 0.5) is 0 Å². The molecule has 8 heteroatoms. The molecule has 2 aromatic rings. The molecule has 1 aromatic carbocycles. The van der Waals surface area contributed by atoms with Gasteiger partial charge in [0.2, 0.25) is 5.91 Å². The molecule has 0 aliphatic carbocycles. The molecule has 1 fully saturated rings. The summed E-state index contributed by atoms with van der Waals surface area (Å²) in [5.41, 5.74) is 0.936. The Hall–Kier alpha value is -2.80. The number of aryl methyl sites for hydroxylation is 1. The van der Waals surface area contributed by atoms with Gasteiger partial charge in [-0.25, -0.2) is 4.79 Å². The fourth-order valence-corrected chi connectivity index (χ4v) is 3.12. The Morgan fingerprint density at radius 3 is 2.48 bits per heavy atom. The zero-order chi connectivity index (χ0) is 19.6. The third kappa shape index (κ3) is 4.14. The number of carboxylic acid groups (broad SMARTS) is 1. The quantitative estimate of drug-likeness (QED) is 0.847. The number of halogens is 1. The van der Waals surface area contributed by atoms with E-state index < -0.39 is 11.9 Å². The minimum Gasteiger partial charge on any atom is -0.478 e. The molecule has 0 radical (unpaired) electrons. The summed E-state index contributed by atoms with van der Waals surface area (Å²) in [7, 11) is 0. The average Bonchev–Trinajstić information content (AvgIpc) is 3.09. The van der Waals surface area contributed by atoms with Gasteiger partial charge in [0.05, 0.1) is 0 Å². The molecule has 7 nitrogen and oxygen atoms in total. The smallest absolute Gasteiger partial charge is 0.339 e. The van der Waals surface area contributed by atoms with Gasteiger partial charge in [-0.05, 0) is 17.7 Å². The molecule has 2 heterocycles. The monoisotopic (exact) mass is 390 g/mol. The Morgan fingerprint density at radius 1 is 1.22 bits per heavy atom. The second kappa shape index (κ2) is 7.84. The minimum atomic E-state index is -1.14. The van der Waals surface area contributed by atoms with E-state index in [9.17, 15) is 19.5 Å². The summed E-state index contributed by atoms with van der Waals surface area (Å²) in [6.45, 7) is 2.86. The van der Waals surface area contributed by atoms with Gasteiger partial charge in [0, 0.05) is 37.1 Å². The van der Waals surface area contributed by atoms with Gasteiger partial charge in [0.15, 0.2) is 5.76 Å². The highest BCUT2D eigenvalue weighted by molar-refractivity contribution is 6.30. The molecule has 1 N–H and O–H groups in total. The second-order valence-electron chi connectivity index (χ2n) is 6.27. The van der Waals surface area contributed by atoms with Crippen LogP contribution in [0.15, 0.2) is 34.7 Å². The summed E-state index contributed by atoms with van der Waals surface area (Å²) in [5.74, 6) is -1.60. The third-order valence-corrected chi connectivity index (χ3v) is 4.72. The molecule has 1 aromatic heterocycles. The molecule has 1 aliphatic rings. The lowest BCUT2D eigenvalue weighted by Gasteiger charge is -2.34. The molecule has 27 heavy (non-hydrogen) atoms. The van der Waals surface area contributed by atoms with E-state index in [0.717, 1.165) is 5.56 Å². The number of nitrogens with zero attached hydrogens (tertiary/aromatic N) is 2. The van der Waals surface area contributed by atoms with E-state index in [2.05, 4.69) is 0 Å². The zero-order valence-electron chi connectivity index (χ0n) is 14.8. The highest BCUT2D eigenvalue weighted by Crippen LogP contribution is 2.20.